The molecule has 2 heterocycles. The molecule has 0 atom stereocenters. The maximum absolute atomic E-state index is 14.5. The molecule has 0 spiro atoms. The summed E-state index contributed by atoms with van der Waals surface area (Å²) in [6.07, 6.45) is 0. The second kappa shape index (κ2) is 11.6. The molecule has 0 aliphatic carbocycles. The minimum Gasteiger partial charge on any atom is -0.366 e. The molecule has 0 saturated carbocycles. The Morgan fingerprint density at radius 3 is 2.17 bits per heavy atom. The van der Waals surface area contributed by atoms with E-state index in [-0.39, 0.29) is 11.8 Å². The summed E-state index contributed by atoms with van der Waals surface area (Å²) in [5.74, 6) is -0.555. The number of ketones is 1. The Morgan fingerprint density at radius 1 is 0.886 bits per heavy atom. The Morgan fingerprint density at radius 2 is 1.54 bits per heavy atom. The highest BCUT2D eigenvalue weighted by Gasteiger charge is 2.23. The number of halogens is 1. The fourth-order valence-corrected chi connectivity index (χ4v) is 4.80. The van der Waals surface area contributed by atoms with Crippen LogP contribution in [0.3, 0.4) is 0 Å². The number of carbonyl (C=O) groups excluding carboxylic acids is 2. The SMILES string of the molecule is CCN1CCN(Cc2ccccc2CNC(=O)N2CCN(c3ccc(C(C)=O)cc3F)CC2)CC1. The summed E-state index contributed by atoms with van der Waals surface area (Å²) in [6.45, 7) is 12.6. The Kier molecular flexibility index (Phi) is 8.36. The van der Waals surface area contributed by atoms with Gasteiger partial charge in [0.25, 0.3) is 0 Å². The molecule has 2 aliphatic heterocycles. The first kappa shape index (κ1) is 25.1. The normalized spacial score (nSPS) is 17.5. The van der Waals surface area contributed by atoms with Crippen molar-refractivity contribution in [2.75, 3.05) is 63.8 Å². The molecule has 188 valence electrons. The lowest BCUT2D eigenvalue weighted by Gasteiger charge is -2.36. The van der Waals surface area contributed by atoms with Gasteiger partial charge in [0.15, 0.2) is 5.78 Å². The number of nitrogens with zero attached hydrogens (tertiary/aromatic N) is 4. The van der Waals surface area contributed by atoms with Crippen molar-refractivity contribution in [1.29, 1.82) is 0 Å². The van der Waals surface area contributed by atoms with Crippen LogP contribution in [0.4, 0.5) is 14.9 Å². The van der Waals surface area contributed by atoms with Gasteiger partial charge in [0.1, 0.15) is 5.82 Å². The third-order valence-corrected chi connectivity index (χ3v) is 7.12. The van der Waals surface area contributed by atoms with Gasteiger partial charge in [-0.25, -0.2) is 9.18 Å². The number of likely N-dealkylation sites (N-methyl/N-ethyl adjacent to an activating group) is 1. The van der Waals surface area contributed by atoms with Crippen LogP contribution in [0.2, 0.25) is 0 Å². The van der Waals surface area contributed by atoms with Crippen LogP contribution < -0.4 is 10.2 Å². The van der Waals surface area contributed by atoms with E-state index in [0.717, 1.165) is 44.8 Å². The van der Waals surface area contributed by atoms with Crippen molar-refractivity contribution >= 4 is 17.5 Å². The lowest BCUT2D eigenvalue weighted by Crippen LogP contribution is -2.52. The number of carbonyl (C=O) groups is 2. The molecule has 2 aliphatic rings. The summed E-state index contributed by atoms with van der Waals surface area (Å²) in [6, 6.07) is 12.8. The molecule has 0 unspecified atom stereocenters. The summed E-state index contributed by atoms with van der Waals surface area (Å²) < 4.78 is 14.5. The molecule has 1 N–H and O–H groups in total. The fraction of sp³-hybridized carbons (Fsp3) is 0.481. The van der Waals surface area contributed by atoms with Crippen molar-refractivity contribution in [3.63, 3.8) is 0 Å². The van der Waals surface area contributed by atoms with Crippen molar-refractivity contribution in [3.8, 4) is 0 Å². The van der Waals surface area contributed by atoms with E-state index in [0.29, 0.717) is 44.0 Å². The van der Waals surface area contributed by atoms with Crippen LogP contribution in [0.1, 0.15) is 35.3 Å². The van der Waals surface area contributed by atoms with Crippen molar-refractivity contribution in [1.82, 2.24) is 20.0 Å². The molecule has 0 radical (unpaired) electrons. The van der Waals surface area contributed by atoms with Gasteiger partial charge < -0.3 is 20.0 Å². The number of urea groups is 1. The minimum absolute atomic E-state index is 0.0941. The molecule has 2 saturated heterocycles. The van der Waals surface area contributed by atoms with Crippen LogP contribution in [0.25, 0.3) is 0 Å². The van der Waals surface area contributed by atoms with Crippen LogP contribution in [-0.4, -0.2) is 85.4 Å². The van der Waals surface area contributed by atoms with E-state index in [1.807, 2.05) is 11.0 Å². The second-order valence-corrected chi connectivity index (χ2v) is 9.33. The quantitative estimate of drug-likeness (QED) is 0.616. The number of benzene rings is 2. The van der Waals surface area contributed by atoms with E-state index in [2.05, 4.69) is 40.2 Å². The highest BCUT2D eigenvalue weighted by molar-refractivity contribution is 5.94. The Hall–Kier alpha value is -2.97. The molecule has 2 fully saturated rings. The summed E-state index contributed by atoms with van der Waals surface area (Å²) in [7, 11) is 0. The van der Waals surface area contributed by atoms with E-state index in [4.69, 9.17) is 0 Å². The number of nitrogens with one attached hydrogen (secondary N) is 1. The van der Waals surface area contributed by atoms with Crippen LogP contribution in [0.15, 0.2) is 42.5 Å². The average Bonchev–Trinajstić information content (AvgIpc) is 2.88. The maximum Gasteiger partial charge on any atom is 0.317 e. The summed E-state index contributed by atoms with van der Waals surface area (Å²) in [5, 5.41) is 3.08. The first-order valence-electron chi connectivity index (χ1n) is 12.5. The van der Waals surface area contributed by atoms with Gasteiger partial charge in [-0.15, -0.1) is 0 Å². The topological polar surface area (TPSA) is 59.1 Å². The predicted octanol–water partition coefficient (Wildman–Crippen LogP) is 3.20. The summed E-state index contributed by atoms with van der Waals surface area (Å²) in [4.78, 5) is 33.0. The molecular weight excluding hydrogens is 445 g/mol. The van der Waals surface area contributed by atoms with Gasteiger partial charge in [-0.1, -0.05) is 31.2 Å². The third-order valence-electron chi connectivity index (χ3n) is 7.12. The van der Waals surface area contributed by atoms with Crippen molar-refractivity contribution in [2.45, 2.75) is 26.9 Å². The Balaban J connectivity index is 1.27. The monoisotopic (exact) mass is 481 g/mol. The number of rotatable bonds is 7. The number of amides is 2. The van der Waals surface area contributed by atoms with E-state index in [1.54, 1.807) is 17.0 Å². The molecule has 2 amide bonds. The number of Topliss-reactive ketones (excluding diaryl/α,β-unsaturated/α-hetero) is 1. The minimum atomic E-state index is -0.400. The van der Waals surface area contributed by atoms with E-state index >= 15 is 0 Å². The van der Waals surface area contributed by atoms with Gasteiger partial charge in [0.2, 0.25) is 0 Å². The lowest BCUT2D eigenvalue weighted by atomic mass is 10.1. The zero-order valence-corrected chi connectivity index (χ0v) is 20.8. The largest absolute Gasteiger partial charge is 0.366 e. The molecule has 35 heavy (non-hydrogen) atoms. The number of piperazine rings is 2. The van der Waals surface area contributed by atoms with Gasteiger partial charge in [-0.05, 0) is 42.8 Å². The summed E-state index contributed by atoms with van der Waals surface area (Å²) >= 11 is 0. The highest BCUT2D eigenvalue weighted by Crippen LogP contribution is 2.22. The van der Waals surface area contributed by atoms with Crippen LogP contribution >= 0.6 is 0 Å². The van der Waals surface area contributed by atoms with E-state index < -0.39 is 5.82 Å². The molecule has 2 aromatic carbocycles. The number of hydrogen-bond acceptors (Lipinski definition) is 5. The first-order valence-corrected chi connectivity index (χ1v) is 12.5. The van der Waals surface area contributed by atoms with Gasteiger partial charge >= 0.3 is 6.03 Å². The molecule has 2 aromatic rings. The Labute approximate surface area is 207 Å². The molecule has 4 rings (SSSR count). The van der Waals surface area contributed by atoms with Crippen LogP contribution in [-0.2, 0) is 13.1 Å². The van der Waals surface area contributed by atoms with Crippen LogP contribution in [0, 0.1) is 5.82 Å². The molecule has 0 bridgehead atoms. The van der Waals surface area contributed by atoms with E-state index in [9.17, 15) is 14.0 Å². The fourth-order valence-electron chi connectivity index (χ4n) is 4.80. The van der Waals surface area contributed by atoms with Gasteiger partial charge in [-0.3, -0.25) is 9.69 Å². The maximum atomic E-state index is 14.5. The van der Waals surface area contributed by atoms with Crippen molar-refractivity contribution < 1.29 is 14.0 Å². The van der Waals surface area contributed by atoms with Gasteiger partial charge in [0.05, 0.1) is 5.69 Å². The van der Waals surface area contributed by atoms with Crippen molar-refractivity contribution in [2.24, 2.45) is 0 Å². The number of anilines is 1. The third kappa shape index (κ3) is 6.38. The van der Waals surface area contributed by atoms with Crippen molar-refractivity contribution in [3.05, 3.63) is 65.0 Å². The van der Waals surface area contributed by atoms with E-state index in [1.165, 1.54) is 18.6 Å². The first-order chi connectivity index (χ1) is 16.9. The average molecular weight is 482 g/mol. The molecule has 7 nitrogen and oxygen atoms in total. The van der Waals surface area contributed by atoms with Gasteiger partial charge in [-0.2, -0.15) is 0 Å². The van der Waals surface area contributed by atoms with Crippen LogP contribution in [0.5, 0.6) is 0 Å². The summed E-state index contributed by atoms with van der Waals surface area (Å²) in [5.41, 5.74) is 3.24. The molecule has 0 aromatic heterocycles. The zero-order chi connectivity index (χ0) is 24.8. The zero-order valence-electron chi connectivity index (χ0n) is 20.8. The lowest BCUT2D eigenvalue weighted by molar-refractivity contribution is 0.101. The standard InChI is InChI=1S/C27H36FN5O2/c1-3-30-10-12-31(13-11-30)20-24-7-5-4-6-23(24)19-29-27(35)33-16-14-32(15-17-33)26-9-8-22(21(2)34)18-25(26)28/h4-9,18H,3,10-17,19-20H2,1-2H3,(H,29,35). The number of hydrogen-bond donors (Lipinski definition) is 1. The second-order valence-electron chi connectivity index (χ2n) is 9.33. The Bertz CT molecular complexity index is 1030. The highest BCUT2D eigenvalue weighted by atomic mass is 19.1. The molecular formula is C27H36FN5O2. The molecule has 8 heteroatoms. The predicted molar refractivity (Wildman–Crippen MR) is 136 cm³/mol. The van der Waals surface area contributed by atoms with Gasteiger partial charge in [0, 0.05) is 71.0 Å². The smallest absolute Gasteiger partial charge is 0.317 e.